The first-order valence-corrected chi connectivity index (χ1v) is 9.84. The number of rotatable bonds is 4. The van der Waals surface area contributed by atoms with Crippen molar-refractivity contribution in [2.45, 2.75) is 32.9 Å². The van der Waals surface area contributed by atoms with Gasteiger partial charge < -0.3 is 9.47 Å². The average Bonchev–Trinajstić information content (AvgIpc) is 3.19. The van der Waals surface area contributed by atoms with E-state index in [0.717, 1.165) is 4.90 Å². The molecular formula is C22H25N3O5. The summed E-state index contributed by atoms with van der Waals surface area (Å²) in [6, 6.07) is 3.69. The second kappa shape index (κ2) is 6.97. The molecule has 0 radical (unpaired) electrons. The van der Waals surface area contributed by atoms with Crippen molar-refractivity contribution in [2.24, 2.45) is 22.4 Å². The van der Waals surface area contributed by atoms with Gasteiger partial charge in [-0.3, -0.25) is 19.4 Å². The van der Waals surface area contributed by atoms with Crippen molar-refractivity contribution in [1.29, 1.82) is 0 Å². The highest BCUT2D eigenvalue weighted by Gasteiger charge is 2.65. The SMILES string of the molecule is COc1ccc(OC)c(N2C(=O)[C@H]3[C@H](C2=O)[C@@H](C(=O)C(C)(C)C)N2N=CC=C[C@H]32)c1. The summed E-state index contributed by atoms with van der Waals surface area (Å²) in [5.41, 5.74) is -0.372. The Labute approximate surface area is 175 Å². The van der Waals surface area contributed by atoms with E-state index in [1.54, 1.807) is 35.5 Å². The summed E-state index contributed by atoms with van der Waals surface area (Å²) in [5, 5.41) is 5.97. The number of amides is 2. The number of fused-ring (bicyclic) bond motifs is 3. The molecule has 158 valence electrons. The standard InChI is InChI=1S/C22H25N3O5/c1-22(2,3)19(26)18-17-16(13-7-6-10-23-25(13)18)20(27)24(21(17)28)14-11-12(29-4)8-9-15(14)30-5/h6-11,13,16-18H,1-5H3/t13-,16-,17+,18+/m1/s1. The monoisotopic (exact) mass is 411 g/mol. The Morgan fingerprint density at radius 2 is 1.77 bits per heavy atom. The lowest BCUT2D eigenvalue weighted by Gasteiger charge is -2.33. The van der Waals surface area contributed by atoms with Crippen molar-refractivity contribution < 1.29 is 23.9 Å². The molecular weight excluding hydrogens is 386 g/mol. The van der Waals surface area contributed by atoms with Gasteiger partial charge in [0.05, 0.1) is 37.8 Å². The number of hydrogen-bond donors (Lipinski definition) is 0. The van der Waals surface area contributed by atoms with E-state index in [0.29, 0.717) is 17.2 Å². The van der Waals surface area contributed by atoms with E-state index in [4.69, 9.17) is 9.47 Å². The number of carbonyl (C=O) groups is 3. The molecule has 0 saturated carbocycles. The van der Waals surface area contributed by atoms with Crippen LogP contribution in [0, 0.1) is 17.3 Å². The number of ketones is 1. The third-order valence-electron chi connectivity index (χ3n) is 5.93. The molecule has 0 bridgehead atoms. The molecule has 1 aromatic carbocycles. The zero-order chi connectivity index (χ0) is 21.8. The maximum absolute atomic E-state index is 13.6. The van der Waals surface area contributed by atoms with Crippen LogP contribution in [0.3, 0.4) is 0 Å². The first kappa shape index (κ1) is 20.1. The fourth-order valence-electron chi connectivity index (χ4n) is 4.49. The van der Waals surface area contributed by atoms with Gasteiger partial charge in [-0.25, -0.2) is 4.90 Å². The van der Waals surface area contributed by atoms with Gasteiger partial charge >= 0.3 is 0 Å². The molecule has 0 aromatic heterocycles. The highest BCUT2D eigenvalue weighted by atomic mass is 16.5. The fourth-order valence-corrected chi connectivity index (χ4v) is 4.49. The van der Waals surface area contributed by atoms with Crippen molar-refractivity contribution >= 4 is 29.5 Å². The number of nitrogens with zero attached hydrogens (tertiary/aromatic N) is 3. The second-order valence-corrected chi connectivity index (χ2v) is 8.68. The lowest BCUT2D eigenvalue weighted by atomic mass is 9.80. The van der Waals surface area contributed by atoms with Gasteiger partial charge in [-0.15, -0.1) is 0 Å². The first-order valence-electron chi connectivity index (χ1n) is 9.84. The smallest absolute Gasteiger partial charge is 0.240 e. The minimum absolute atomic E-state index is 0.118. The Bertz CT molecular complexity index is 977. The number of allylic oxidation sites excluding steroid dienone is 1. The van der Waals surface area contributed by atoms with Gasteiger partial charge in [0.2, 0.25) is 11.8 Å². The van der Waals surface area contributed by atoms with Gasteiger partial charge in [0.15, 0.2) is 5.78 Å². The largest absolute Gasteiger partial charge is 0.497 e. The van der Waals surface area contributed by atoms with Crippen molar-refractivity contribution in [1.82, 2.24) is 5.01 Å². The molecule has 4 rings (SSSR count). The first-order chi connectivity index (χ1) is 14.2. The molecule has 1 aromatic rings. The number of imide groups is 1. The van der Waals surface area contributed by atoms with E-state index >= 15 is 0 Å². The van der Waals surface area contributed by atoms with Gasteiger partial charge in [-0.1, -0.05) is 26.8 Å². The van der Waals surface area contributed by atoms with E-state index in [-0.39, 0.29) is 11.7 Å². The zero-order valence-corrected chi connectivity index (χ0v) is 17.7. The van der Waals surface area contributed by atoms with Crippen LogP contribution in [0.5, 0.6) is 11.5 Å². The number of carbonyl (C=O) groups excluding carboxylic acids is 3. The normalized spacial score (nSPS) is 27.4. The lowest BCUT2D eigenvalue weighted by Crippen LogP contribution is -2.49. The summed E-state index contributed by atoms with van der Waals surface area (Å²) >= 11 is 0. The molecule has 0 unspecified atom stereocenters. The third kappa shape index (κ3) is 2.81. The molecule has 2 saturated heterocycles. The van der Waals surface area contributed by atoms with Crippen molar-refractivity contribution in [2.75, 3.05) is 19.1 Å². The van der Waals surface area contributed by atoms with Gasteiger partial charge in [-0.05, 0) is 18.2 Å². The zero-order valence-electron chi connectivity index (χ0n) is 17.7. The molecule has 0 spiro atoms. The number of Topliss-reactive ketones (excluding diaryl/α,β-unsaturated/α-hetero) is 1. The molecule has 2 fully saturated rings. The van der Waals surface area contributed by atoms with Gasteiger partial charge in [0.25, 0.3) is 0 Å². The third-order valence-corrected chi connectivity index (χ3v) is 5.93. The Balaban J connectivity index is 1.82. The maximum atomic E-state index is 13.6. The maximum Gasteiger partial charge on any atom is 0.240 e. The number of anilines is 1. The summed E-state index contributed by atoms with van der Waals surface area (Å²) in [6.07, 6.45) is 5.16. The van der Waals surface area contributed by atoms with E-state index in [1.807, 2.05) is 26.8 Å². The van der Waals surface area contributed by atoms with E-state index in [1.165, 1.54) is 14.2 Å². The van der Waals surface area contributed by atoms with E-state index in [2.05, 4.69) is 5.10 Å². The van der Waals surface area contributed by atoms with Crippen molar-refractivity contribution in [3.05, 3.63) is 30.4 Å². The summed E-state index contributed by atoms with van der Waals surface area (Å²) in [4.78, 5) is 41.6. The number of hydrogen-bond acceptors (Lipinski definition) is 7. The number of benzene rings is 1. The van der Waals surface area contributed by atoms with Crippen LogP contribution in [-0.2, 0) is 14.4 Å². The van der Waals surface area contributed by atoms with E-state index < -0.39 is 35.2 Å². The molecule has 3 aliphatic heterocycles. The number of methoxy groups -OCH3 is 2. The van der Waals surface area contributed by atoms with Crippen LogP contribution >= 0.6 is 0 Å². The quantitative estimate of drug-likeness (QED) is 0.705. The van der Waals surface area contributed by atoms with Crippen LogP contribution in [0.4, 0.5) is 5.69 Å². The summed E-state index contributed by atoms with van der Waals surface area (Å²) in [5.74, 6) is -1.54. The van der Waals surface area contributed by atoms with Crippen molar-refractivity contribution in [3.63, 3.8) is 0 Å². The van der Waals surface area contributed by atoms with Crippen LogP contribution in [-0.4, -0.2) is 55.1 Å². The van der Waals surface area contributed by atoms with E-state index in [9.17, 15) is 14.4 Å². The predicted molar refractivity (Wildman–Crippen MR) is 111 cm³/mol. The topological polar surface area (TPSA) is 88.5 Å². The van der Waals surface area contributed by atoms with Gasteiger partial charge in [-0.2, -0.15) is 5.10 Å². The molecule has 30 heavy (non-hydrogen) atoms. The highest BCUT2D eigenvalue weighted by Crippen LogP contribution is 2.48. The summed E-state index contributed by atoms with van der Waals surface area (Å²) in [7, 11) is 2.98. The Kier molecular flexibility index (Phi) is 4.67. The number of hydrazone groups is 1. The van der Waals surface area contributed by atoms with Gasteiger partial charge in [0, 0.05) is 17.7 Å². The minimum atomic E-state index is -0.815. The van der Waals surface area contributed by atoms with Crippen molar-refractivity contribution in [3.8, 4) is 11.5 Å². The Morgan fingerprint density at radius 3 is 2.40 bits per heavy atom. The number of ether oxygens (including phenoxy) is 2. The van der Waals surface area contributed by atoms with Crippen LogP contribution < -0.4 is 14.4 Å². The molecule has 4 atom stereocenters. The predicted octanol–water partition coefficient (Wildman–Crippen LogP) is 2.03. The molecule has 0 N–H and O–H groups in total. The molecule has 0 aliphatic carbocycles. The van der Waals surface area contributed by atoms with Crippen LogP contribution in [0.15, 0.2) is 35.5 Å². The Hall–Kier alpha value is -3.16. The lowest BCUT2D eigenvalue weighted by molar-refractivity contribution is -0.136. The average molecular weight is 411 g/mol. The molecule has 8 heteroatoms. The van der Waals surface area contributed by atoms with Crippen LogP contribution in [0.1, 0.15) is 20.8 Å². The van der Waals surface area contributed by atoms with Gasteiger partial charge in [0.1, 0.15) is 17.5 Å². The minimum Gasteiger partial charge on any atom is -0.497 e. The highest BCUT2D eigenvalue weighted by molar-refractivity contribution is 6.24. The molecule has 3 aliphatic rings. The second-order valence-electron chi connectivity index (χ2n) is 8.68. The molecule has 3 heterocycles. The Morgan fingerprint density at radius 1 is 1.07 bits per heavy atom. The van der Waals surface area contributed by atoms with Crippen LogP contribution in [0.2, 0.25) is 0 Å². The molecule has 8 nitrogen and oxygen atoms in total. The summed E-state index contributed by atoms with van der Waals surface area (Å²) in [6.45, 7) is 5.43. The summed E-state index contributed by atoms with van der Waals surface area (Å²) < 4.78 is 10.7. The fraction of sp³-hybridized carbons (Fsp3) is 0.455. The molecule has 2 amide bonds. The van der Waals surface area contributed by atoms with Crippen LogP contribution in [0.25, 0.3) is 0 Å².